The normalized spacial score (nSPS) is 10.8. The summed E-state index contributed by atoms with van der Waals surface area (Å²) >= 11 is 4.61. The van der Waals surface area contributed by atoms with E-state index in [1.807, 2.05) is 35.9 Å². The number of thiophene rings is 1. The van der Waals surface area contributed by atoms with Crippen molar-refractivity contribution >= 4 is 62.0 Å². The third-order valence-corrected chi connectivity index (χ3v) is 6.12. The summed E-state index contributed by atoms with van der Waals surface area (Å²) in [6, 6.07) is 9.28. The minimum Gasteiger partial charge on any atom is -0.326 e. The number of carbonyl (C=O) groups excluding carboxylic acids is 2. The lowest BCUT2D eigenvalue weighted by Crippen LogP contribution is -2.13. The van der Waals surface area contributed by atoms with Crippen molar-refractivity contribution in [1.29, 1.82) is 0 Å². The number of carbonyl (C=O) groups is 2. The molecule has 1 aromatic carbocycles. The Labute approximate surface area is 145 Å². The number of nitrogens with one attached hydrogen (secondary N) is 1. The van der Waals surface area contributed by atoms with Gasteiger partial charge in [0.15, 0.2) is 10.1 Å². The van der Waals surface area contributed by atoms with E-state index in [0.29, 0.717) is 4.88 Å². The van der Waals surface area contributed by atoms with E-state index in [-0.39, 0.29) is 24.5 Å². The zero-order valence-electron chi connectivity index (χ0n) is 12.4. The minimum atomic E-state index is -0.149. The highest BCUT2D eigenvalue weighted by atomic mass is 32.2. The standard InChI is InChI=1S/C16H14N2O2S3/c1-21-16-18-11-5-4-10(9-14(11)23-16)17-15(20)7-6-12(19)13-3-2-8-22-13/h2-5,8-9H,6-7H2,1H3,(H,17,20). The Balaban J connectivity index is 1.60. The summed E-state index contributed by atoms with van der Waals surface area (Å²) in [5.74, 6) is -0.137. The molecule has 7 heteroatoms. The lowest BCUT2D eigenvalue weighted by Gasteiger charge is -2.04. The average molecular weight is 363 g/mol. The molecule has 2 aromatic heterocycles. The Kier molecular flexibility index (Phi) is 5.09. The molecule has 1 amide bonds. The van der Waals surface area contributed by atoms with Gasteiger partial charge in [-0.15, -0.1) is 22.7 Å². The number of amides is 1. The maximum Gasteiger partial charge on any atom is 0.224 e. The van der Waals surface area contributed by atoms with Crippen LogP contribution in [0.2, 0.25) is 0 Å². The number of thioether (sulfide) groups is 1. The summed E-state index contributed by atoms with van der Waals surface area (Å²) in [7, 11) is 0. The molecule has 0 aliphatic carbocycles. The highest BCUT2D eigenvalue weighted by Crippen LogP contribution is 2.30. The predicted octanol–water partition coefficient (Wildman–Crippen LogP) is 4.68. The van der Waals surface area contributed by atoms with Gasteiger partial charge in [0.05, 0.1) is 15.1 Å². The van der Waals surface area contributed by atoms with E-state index < -0.39 is 0 Å². The van der Waals surface area contributed by atoms with Crippen LogP contribution in [0.1, 0.15) is 22.5 Å². The molecule has 4 nitrogen and oxygen atoms in total. The van der Waals surface area contributed by atoms with Crippen molar-refractivity contribution in [2.24, 2.45) is 0 Å². The second kappa shape index (κ2) is 7.25. The molecule has 0 saturated heterocycles. The summed E-state index contributed by atoms with van der Waals surface area (Å²) < 4.78 is 2.05. The van der Waals surface area contributed by atoms with Crippen molar-refractivity contribution in [3.8, 4) is 0 Å². The van der Waals surface area contributed by atoms with Crippen LogP contribution in [-0.4, -0.2) is 22.9 Å². The lowest BCUT2D eigenvalue weighted by atomic mass is 10.2. The molecule has 3 aromatic rings. The van der Waals surface area contributed by atoms with Gasteiger partial charge in [0.25, 0.3) is 0 Å². The molecular weight excluding hydrogens is 348 g/mol. The Morgan fingerprint density at radius 1 is 1.26 bits per heavy atom. The predicted molar refractivity (Wildman–Crippen MR) is 97.9 cm³/mol. The molecule has 0 aliphatic rings. The van der Waals surface area contributed by atoms with Crippen LogP contribution in [-0.2, 0) is 4.79 Å². The maximum atomic E-state index is 12.0. The Morgan fingerprint density at radius 2 is 2.13 bits per heavy atom. The van der Waals surface area contributed by atoms with Gasteiger partial charge in [0.2, 0.25) is 5.91 Å². The average Bonchev–Trinajstić information content (AvgIpc) is 3.21. The smallest absolute Gasteiger partial charge is 0.224 e. The molecule has 0 radical (unpaired) electrons. The van der Waals surface area contributed by atoms with Gasteiger partial charge >= 0.3 is 0 Å². The fourth-order valence-corrected chi connectivity index (χ4v) is 4.30. The number of benzene rings is 1. The van der Waals surface area contributed by atoms with Crippen molar-refractivity contribution in [3.63, 3.8) is 0 Å². The van der Waals surface area contributed by atoms with Gasteiger partial charge in [-0.05, 0) is 35.9 Å². The third-order valence-electron chi connectivity index (χ3n) is 3.20. The van der Waals surface area contributed by atoms with Crippen LogP contribution in [0, 0.1) is 0 Å². The van der Waals surface area contributed by atoms with E-state index in [2.05, 4.69) is 10.3 Å². The number of rotatable bonds is 6. The summed E-state index contributed by atoms with van der Waals surface area (Å²) in [5, 5.41) is 4.71. The third kappa shape index (κ3) is 3.99. The molecule has 3 rings (SSSR count). The second-order valence-electron chi connectivity index (χ2n) is 4.82. The molecule has 0 fully saturated rings. The molecular formula is C16H14N2O2S3. The largest absolute Gasteiger partial charge is 0.326 e. The van der Waals surface area contributed by atoms with Crippen molar-refractivity contribution < 1.29 is 9.59 Å². The summed E-state index contributed by atoms with van der Waals surface area (Å²) in [4.78, 5) is 29.1. The zero-order valence-corrected chi connectivity index (χ0v) is 14.8. The van der Waals surface area contributed by atoms with Gasteiger partial charge in [0.1, 0.15) is 0 Å². The Hall–Kier alpha value is -1.70. The molecule has 23 heavy (non-hydrogen) atoms. The fraction of sp³-hybridized carbons (Fsp3) is 0.188. The molecule has 118 valence electrons. The topological polar surface area (TPSA) is 59.1 Å². The highest BCUT2D eigenvalue weighted by Gasteiger charge is 2.11. The molecule has 0 aliphatic heterocycles. The molecule has 0 unspecified atom stereocenters. The van der Waals surface area contributed by atoms with Gasteiger partial charge in [0, 0.05) is 18.5 Å². The van der Waals surface area contributed by atoms with E-state index >= 15 is 0 Å². The number of hydrogen-bond donors (Lipinski definition) is 1. The number of aromatic nitrogens is 1. The molecule has 1 N–H and O–H groups in total. The van der Waals surface area contributed by atoms with Crippen molar-refractivity contribution in [2.75, 3.05) is 11.6 Å². The minimum absolute atomic E-state index is 0.0117. The van der Waals surface area contributed by atoms with Crippen LogP contribution in [0.4, 0.5) is 5.69 Å². The number of ketones is 1. The van der Waals surface area contributed by atoms with E-state index in [9.17, 15) is 9.59 Å². The molecule has 0 saturated carbocycles. The van der Waals surface area contributed by atoms with Gasteiger partial charge in [-0.2, -0.15) is 0 Å². The second-order valence-corrected chi connectivity index (χ2v) is 7.85. The van der Waals surface area contributed by atoms with Crippen molar-refractivity contribution in [1.82, 2.24) is 4.98 Å². The number of fused-ring (bicyclic) bond motifs is 1. The SMILES string of the molecule is CSc1nc2ccc(NC(=O)CCC(=O)c3cccs3)cc2s1. The lowest BCUT2D eigenvalue weighted by molar-refractivity contribution is -0.116. The maximum absolute atomic E-state index is 12.0. The van der Waals surface area contributed by atoms with Crippen molar-refractivity contribution in [2.45, 2.75) is 17.2 Å². The van der Waals surface area contributed by atoms with Gasteiger partial charge in [-0.1, -0.05) is 17.8 Å². The van der Waals surface area contributed by atoms with Gasteiger partial charge < -0.3 is 5.32 Å². The number of anilines is 1. The Bertz CT molecular complexity index is 840. The van der Waals surface area contributed by atoms with Gasteiger partial charge in [-0.3, -0.25) is 9.59 Å². The summed E-state index contributed by atoms with van der Waals surface area (Å²) in [6.45, 7) is 0. The van der Waals surface area contributed by atoms with E-state index in [4.69, 9.17) is 0 Å². The quantitative estimate of drug-likeness (QED) is 0.511. The van der Waals surface area contributed by atoms with E-state index in [1.165, 1.54) is 11.3 Å². The van der Waals surface area contributed by atoms with Crippen LogP contribution in [0.25, 0.3) is 10.2 Å². The first-order chi connectivity index (χ1) is 11.2. The van der Waals surface area contributed by atoms with E-state index in [1.54, 1.807) is 29.2 Å². The van der Waals surface area contributed by atoms with Crippen LogP contribution >= 0.6 is 34.4 Å². The molecule has 0 bridgehead atoms. The van der Waals surface area contributed by atoms with Crippen LogP contribution in [0.5, 0.6) is 0 Å². The summed E-state index contributed by atoms with van der Waals surface area (Å²) in [5.41, 5.74) is 1.67. The van der Waals surface area contributed by atoms with Crippen LogP contribution < -0.4 is 5.32 Å². The van der Waals surface area contributed by atoms with E-state index in [0.717, 1.165) is 20.2 Å². The van der Waals surface area contributed by atoms with Crippen molar-refractivity contribution in [3.05, 3.63) is 40.6 Å². The Morgan fingerprint density at radius 3 is 2.87 bits per heavy atom. The zero-order chi connectivity index (χ0) is 16.2. The first-order valence-electron chi connectivity index (χ1n) is 6.97. The molecule has 2 heterocycles. The number of Topliss-reactive ketones (excluding diaryl/α,β-unsaturated/α-hetero) is 1. The van der Waals surface area contributed by atoms with Gasteiger partial charge in [-0.25, -0.2) is 4.98 Å². The van der Waals surface area contributed by atoms with Crippen LogP contribution in [0.15, 0.2) is 40.1 Å². The fourth-order valence-electron chi connectivity index (χ4n) is 2.08. The number of hydrogen-bond acceptors (Lipinski definition) is 6. The first-order valence-corrected chi connectivity index (χ1v) is 9.89. The number of nitrogens with zero attached hydrogens (tertiary/aromatic N) is 1. The highest BCUT2D eigenvalue weighted by molar-refractivity contribution is 8.00. The monoisotopic (exact) mass is 362 g/mol. The first kappa shape index (κ1) is 16.2. The van der Waals surface area contributed by atoms with Crippen LogP contribution in [0.3, 0.4) is 0 Å². The summed E-state index contributed by atoms with van der Waals surface area (Å²) in [6.07, 6.45) is 2.41. The number of thiazole rings is 1. The molecule has 0 atom stereocenters. The molecule has 0 spiro atoms.